The summed E-state index contributed by atoms with van der Waals surface area (Å²) in [4.78, 5) is 8.89. The van der Waals surface area contributed by atoms with E-state index in [0.717, 1.165) is 22.5 Å². The first-order valence-corrected chi connectivity index (χ1v) is 11.3. The maximum absolute atomic E-state index is 4.49. The molecule has 0 aliphatic heterocycles. The van der Waals surface area contributed by atoms with Crippen LogP contribution in [0.2, 0.25) is 0 Å². The predicted molar refractivity (Wildman–Crippen MR) is 134 cm³/mol. The molecule has 2 aromatic heterocycles. The number of benzene rings is 3. The molecule has 0 atom stereocenters. The number of aryl methyl sites for hydroxylation is 2. The van der Waals surface area contributed by atoms with Crippen molar-refractivity contribution < 1.29 is 20.1 Å². The molecule has 169 valence electrons. The first-order chi connectivity index (χ1) is 16.4. The smallest absolute Gasteiger partial charge is 0.0195 e. The summed E-state index contributed by atoms with van der Waals surface area (Å²) in [5.74, 6) is 0. The molecule has 0 unspecified atom stereocenters. The van der Waals surface area contributed by atoms with E-state index in [1.807, 2.05) is 79.1 Å². The van der Waals surface area contributed by atoms with Crippen LogP contribution in [0.1, 0.15) is 17.5 Å². The van der Waals surface area contributed by atoms with Crippen molar-refractivity contribution in [3.8, 4) is 33.6 Å². The van der Waals surface area contributed by atoms with Crippen LogP contribution in [0, 0.1) is 12.1 Å². The van der Waals surface area contributed by atoms with Crippen LogP contribution in [0.25, 0.3) is 33.6 Å². The van der Waals surface area contributed by atoms with E-state index >= 15 is 0 Å². The number of nitrogens with zero attached hydrogens (tertiary/aromatic N) is 2. The Morgan fingerprint density at radius 3 is 1.91 bits per heavy atom. The van der Waals surface area contributed by atoms with E-state index in [1.165, 1.54) is 41.5 Å². The second kappa shape index (κ2) is 11.7. The van der Waals surface area contributed by atoms with Crippen LogP contribution in [0.4, 0.5) is 0 Å². The summed E-state index contributed by atoms with van der Waals surface area (Å²) in [6, 6.07) is 39.0. The number of pyridine rings is 2. The molecule has 34 heavy (non-hydrogen) atoms. The third-order valence-electron chi connectivity index (χ3n) is 5.81. The van der Waals surface area contributed by atoms with E-state index in [-0.39, 0.29) is 20.1 Å². The second-order valence-electron chi connectivity index (χ2n) is 8.04. The molecule has 0 fully saturated rings. The van der Waals surface area contributed by atoms with Gasteiger partial charge in [-0.15, -0.1) is 71.8 Å². The molecular formula is C31H24IrN2-2. The van der Waals surface area contributed by atoms with E-state index in [1.54, 1.807) is 0 Å². The standard InChI is InChI=1S/C17H12N.C14H12N.Ir/c1-3-7-14(8-4-1)16-11-12-18-17(13-16)15-9-5-2-6-10-15;1-2-5-11(6-3-1)14-9-12-7-4-8-13(12)10-15-14;/h1-9,11-13H;1-3,5,9-10H,4,7-8H2;/q2*-1;. The van der Waals surface area contributed by atoms with Gasteiger partial charge >= 0.3 is 0 Å². The number of aromatic nitrogens is 2. The Bertz CT molecular complexity index is 1270. The van der Waals surface area contributed by atoms with Gasteiger partial charge in [-0.3, -0.25) is 0 Å². The van der Waals surface area contributed by atoms with Crippen molar-refractivity contribution >= 4 is 0 Å². The molecule has 1 aliphatic carbocycles. The minimum atomic E-state index is 0. The molecular weight excluding hydrogens is 593 g/mol. The summed E-state index contributed by atoms with van der Waals surface area (Å²) >= 11 is 0. The van der Waals surface area contributed by atoms with Gasteiger partial charge < -0.3 is 9.97 Å². The third kappa shape index (κ3) is 5.75. The van der Waals surface area contributed by atoms with Crippen LogP contribution in [0.15, 0.2) is 109 Å². The largest absolute Gasteiger partial charge is 0.305 e. The fraction of sp³-hybridized carbons (Fsp3) is 0.0968. The predicted octanol–water partition coefficient (Wildman–Crippen LogP) is 7.25. The van der Waals surface area contributed by atoms with Gasteiger partial charge in [0.2, 0.25) is 0 Å². The van der Waals surface area contributed by atoms with E-state index < -0.39 is 0 Å². The number of rotatable bonds is 3. The molecule has 2 heterocycles. The van der Waals surface area contributed by atoms with E-state index in [4.69, 9.17) is 0 Å². The van der Waals surface area contributed by atoms with Gasteiger partial charge in [0, 0.05) is 32.5 Å². The molecule has 6 rings (SSSR count). The summed E-state index contributed by atoms with van der Waals surface area (Å²) in [5, 5.41) is 0. The minimum absolute atomic E-state index is 0. The maximum Gasteiger partial charge on any atom is 0.0195 e. The molecule has 0 amide bonds. The van der Waals surface area contributed by atoms with Crippen LogP contribution in [0.5, 0.6) is 0 Å². The Kier molecular flexibility index (Phi) is 8.14. The quantitative estimate of drug-likeness (QED) is 0.200. The van der Waals surface area contributed by atoms with Gasteiger partial charge in [0.1, 0.15) is 0 Å². The van der Waals surface area contributed by atoms with Gasteiger partial charge in [-0.25, -0.2) is 0 Å². The zero-order valence-corrected chi connectivity index (χ0v) is 21.1. The van der Waals surface area contributed by atoms with Gasteiger partial charge in [-0.05, 0) is 53.4 Å². The van der Waals surface area contributed by atoms with Gasteiger partial charge in [-0.1, -0.05) is 48.0 Å². The zero-order chi connectivity index (χ0) is 22.3. The molecule has 5 aromatic rings. The van der Waals surface area contributed by atoms with E-state index in [9.17, 15) is 0 Å². The molecule has 2 nitrogen and oxygen atoms in total. The van der Waals surface area contributed by atoms with Crippen LogP contribution < -0.4 is 0 Å². The monoisotopic (exact) mass is 617 g/mol. The molecule has 0 N–H and O–H groups in total. The average molecular weight is 617 g/mol. The first kappa shape index (κ1) is 23.8. The fourth-order valence-corrected chi connectivity index (χ4v) is 4.09. The van der Waals surface area contributed by atoms with E-state index in [0.29, 0.717) is 0 Å². The molecule has 3 heteroatoms. The molecule has 3 aromatic carbocycles. The van der Waals surface area contributed by atoms with Crippen LogP contribution in [-0.2, 0) is 32.9 Å². The summed E-state index contributed by atoms with van der Waals surface area (Å²) in [5.41, 5.74) is 9.40. The first-order valence-electron chi connectivity index (χ1n) is 11.3. The number of fused-ring (bicyclic) bond motifs is 1. The van der Waals surface area contributed by atoms with Gasteiger partial charge in [0.25, 0.3) is 0 Å². The Hall–Kier alpha value is -3.39. The average Bonchev–Trinajstić information content (AvgIpc) is 3.39. The van der Waals surface area contributed by atoms with Gasteiger partial charge in [0.05, 0.1) is 0 Å². The molecule has 0 spiro atoms. The summed E-state index contributed by atoms with van der Waals surface area (Å²) < 4.78 is 0. The molecule has 0 saturated heterocycles. The van der Waals surface area contributed by atoms with Crippen LogP contribution in [0.3, 0.4) is 0 Å². The van der Waals surface area contributed by atoms with Crippen molar-refractivity contribution in [3.63, 3.8) is 0 Å². The third-order valence-corrected chi connectivity index (χ3v) is 5.81. The molecule has 1 aliphatic rings. The molecule has 0 bridgehead atoms. The normalized spacial score (nSPS) is 11.5. The topological polar surface area (TPSA) is 25.8 Å². The summed E-state index contributed by atoms with van der Waals surface area (Å²) in [6.45, 7) is 0. The van der Waals surface area contributed by atoms with Crippen molar-refractivity contribution in [2.24, 2.45) is 0 Å². The van der Waals surface area contributed by atoms with Gasteiger partial charge in [-0.2, -0.15) is 0 Å². The van der Waals surface area contributed by atoms with Crippen molar-refractivity contribution in [2.45, 2.75) is 19.3 Å². The molecule has 1 radical (unpaired) electrons. The number of hydrogen-bond acceptors (Lipinski definition) is 2. The van der Waals surface area contributed by atoms with Crippen LogP contribution >= 0.6 is 0 Å². The maximum atomic E-state index is 4.49. The molecule has 0 saturated carbocycles. The summed E-state index contributed by atoms with van der Waals surface area (Å²) in [7, 11) is 0. The number of hydrogen-bond donors (Lipinski definition) is 0. The van der Waals surface area contributed by atoms with Crippen LogP contribution in [-0.4, -0.2) is 9.97 Å². The van der Waals surface area contributed by atoms with Crippen molar-refractivity contribution in [1.29, 1.82) is 0 Å². The summed E-state index contributed by atoms with van der Waals surface area (Å²) in [6.07, 6.45) is 7.55. The Balaban J connectivity index is 0.000000159. The second-order valence-corrected chi connectivity index (χ2v) is 8.04. The Morgan fingerprint density at radius 2 is 1.24 bits per heavy atom. The van der Waals surface area contributed by atoms with Crippen molar-refractivity contribution in [3.05, 3.63) is 133 Å². The SMILES string of the molecule is [Ir].[c-]1ccccc1-c1cc(-c2ccccc2)ccn1.[c-]1ccccc1-c1cc2c(cn1)CCC2. The Labute approximate surface area is 215 Å². The minimum Gasteiger partial charge on any atom is -0.305 e. The zero-order valence-electron chi connectivity index (χ0n) is 18.7. The van der Waals surface area contributed by atoms with Gasteiger partial charge in [0.15, 0.2) is 0 Å². The van der Waals surface area contributed by atoms with Crippen molar-refractivity contribution in [1.82, 2.24) is 9.97 Å². The van der Waals surface area contributed by atoms with Crippen molar-refractivity contribution in [2.75, 3.05) is 0 Å². The fourth-order valence-electron chi connectivity index (χ4n) is 4.09. The van der Waals surface area contributed by atoms with E-state index in [2.05, 4.69) is 52.4 Å². The Morgan fingerprint density at radius 1 is 0.588 bits per heavy atom.